The van der Waals surface area contributed by atoms with Crippen LogP contribution in [0.1, 0.15) is 29.6 Å². The van der Waals surface area contributed by atoms with E-state index in [0.29, 0.717) is 5.56 Å². The summed E-state index contributed by atoms with van der Waals surface area (Å²) in [6.07, 6.45) is 2.99. The van der Waals surface area contributed by atoms with Crippen molar-refractivity contribution in [3.05, 3.63) is 39.9 Å². The average Bonchev–Trinajstić information content (AvgIpc) is 2.75. The third kappa shape index (κ3) is 4.41. The number of rotatable bonds is 3. The topological polar surface area (TPSA) is 75.5 Å². The molecule has 1 aliphatic heterocycles. The number of nitro groups is 1. The Balaban J connectivity index is 0.00000220. The molecule has 1 aliphatic rings. The van der Waals surface area contributed by atoms with Gasteiger partial charge in [-0.25, -0.2) is 0 Å². The molecule has 1 unspecified atom stereocenters. The van der Waals surface area contributed by atoms with E-state index in [0.717, 1.165) is 32.4 Å². The number of hydrogen-bond donors (Lipinski definition) is 1. The predicted octanol–water partition coefficient (Wildman–Crippen LogP) is 2.23. The zero-order valence-corrected chi connectivity index (χ0v) is 12.8. The second-order valence-corrected chi connectivity index (χ2v) is 5.05. The second kappa shape index (κ2) is 7.95. The number of carbonyl (C=O) groups excluding carboxylic acids is 1. The molecular formula is C14H20ClN3O3. The first-order chi connectivity index (χ1) is 9.59. The number of nitro benzene ring substituents is 1. The first-order valence-electron chi connectivity index (χ1n) is 6.82. The fourth-order valence-corrected chi connectivity index (χ4v) is 2.48. The van der Waals surface area contributed by atoms with Crippen LogP contribution >= 0.6 is 12.4 Å². The molecule has 7 heteroatoms. The molecule has 6 nitrogen and oxygen atoms in total. The molecule has 0 spiro atoms. The van der Waals surface area contributed by atoms with Gasteiger partial charge in [0, 0.05) is 30.8 Å². The van der Waals surface area contributed by atoms with Gasteiger partial charge in [0.15, 0.2) is 0 Å². The van der Waals surface area contributed by atoms with Crippen molar-refractivity contribution in [1.82, 2.24) is 10.2 Å². The van der Waals surface area contributed by atoms with Crippen LogP contribution in [0, 0.1) is 10.1 Å². The highest BCUT2D eigenvalue weighted by molar-refractivity contribution is 5.94. The minimum atomic E-state index is -0.463. The molecule has 0 aliphatic carbocycles. The number of nitrogens with one attached hydrogen (secondary N) is 1. The molecule has 0 radical (unpaired) electrons. The maximum absolute atomic E-state index is 12.4. The fourth-order valence-electron chi connectivity index (χ4n) is 2.48. The van der Waals surface area contributed by atoms with Gasteiger partial charge < -0.3 is 10.2 Å². The summed E-state index contributed by atoms with van der Waals surface area (Å²) in [6, 6.07) is 6.01. The monoisotopic (exact) mass is 313 g/mol. The van der Waals surface area contributed by atoms with Crippen LogP contribution in [0.4, 0.5) is 5.69 Å². The maximum atomic E-state index is 12.4. The molecule has 0 bridgehead atoms. The largest absolute Gasteiger partial charge is 0.339 e. The number of hydrogen-bond acceptors (Lipinski definition) is 4. The minimum Gasteiger partial charge on any atom is -0.339 e. The first kappa shape index (κ1) is 17.4. The van der Waals surface area contributed by atoms with E-state index in [2.05, 4.69) is 5.32 Å². The van der Waals surface area contributed by atoms with Crippen LogP contribution in [0.5, 0.6) is 0 Å². The molecule has 0 aromatic heterocycles. The molecule has 116 valence electrons. The maximum Gasteiger partial charge on any atom is 0.269 e. The van der Waals surface area contributed by atoms with Gasteiger partial charge in [-0.1, -0.05) is 0 Å². The summed E-state index contributed by atoms with van der Waals surface area (Å²) in [5, 5.41) is 13.9. The van der Waals surface area contributed by atoms with E-state index in [4.69, 9.17) is 0 Å². The predicted molar refractivity (Wildman–Crippen MR) is 82.9 cm³/mol. The van der Waals surface area contributed by atoms with Crippen LogP contribution in [-0.2, 0) is 0 Å². The summed E-state index contributed by atoms with van der Waals surface area (Å²) >= 11 is 0. The molecule has 1 saturated heterocycles. The molecule has 21 heavy (non-hydrogen) atoms. The van der Waals surface area contributed by atoms with Gasteiger partial charge in [0.25, 0.3) is 11.6 Å². The summed E-state index contributed by atoms with van der Waals surface area (Å²) in [5.74, 6) is -0.0770. The lowest BCUT2D eigenvalue weighted by Crippen LogP contribution is -2.37. The number of halogens is 1. The molecule has 1 atom stereocenters. The first-order valence-corrected chi connectivity index (χ1v) is 6.82. The highest BCUT2D eigenvalue weighted by Crippen LogP contribution is 2.17. The lowest BCUT2D eigenvalue weighted by molar-refractivity contribution is -0.384. The van der Waals surface area contributed by atoms with Crippen LogP contribution in [-0.4, -0.2) is 41.9 Å². The van der Waals surface area contributed by atoms with Crippen molar-refractivity contribution in [2.45, 2.75) is 25.3 Å². The molecule has 1 N–H and O–H groups in total. The van der Waals surface area contributed by atoms with Gasteiger partial charge >= 0.3 is 0 Å². The van der Waals surface area contributed by atoms with Crippen LogP contribution < -0.4 is 5.32 Å². The summed E-state index contributed by atoms with van der Waals surface area (Å²) in [7, 11) is 1.81. The normalized spacial score (nSPS) is 18.2. The number of benzene rings is 1. The molecule has 1 amide bonds. The van der Waals surface area contributed by atoms with E-state index in [-0.39, 0.29) is 30.0 Å². The Hall–Kier alpha value is -1.66. The van der Waals surface area contributed by atoms with Crippen molar-refractivity contribution < 1.29 is 9.72 Å². The van der Waals surface area contributed by atoms with Crippen LogP contribution in [0.3, 0.4) is 0 Å². The zero-order chi connectivity index (χ0) is 14.5. The van der Waals surface area contributed by atoms with Gasteiger partial charge in [-0.15, -0.1) is 12.4 Å². The summed E-state index contributed by atoms with van der Waals surface area (Å²) in [5.41, 5.74) is 0.498. The number of non-ortho nitro benzene ring substituents is 1. The van der Waals surface area contributed by atoms with Gasteiger partial charge in [0.2, 0.25) is 0 Å². The molecule has 1 aromatic carbocycles. The second-order valence-electron chi connectivity index (χ2n) is 5.05. The van der Waals surface area contributed by atoms with Crippen molar-refractivity contribution in [2.24, 2.45) is 0 Å². The van der Waals surface area contributed by atoms with E-state index in [1.165, 1.54) is 24.3 Å². The summed E-state index contributed by atoms with van der Waals surface area (Å²) < 4.78 is 0. The van der Waals surface area contributed by atoms with Crippen molar-refractivity contribution >= 4 is 24.0 Å². The van der Waals surface area contributed by atoms with E-state index >= 15 is 0 Å². The molecule has 1 heterocycles. The van der Waals surface area contributed by atoms with E-state index in [1.54, 1.807) is 11.9 Å². The van der Waals surface area contributed by atoms with E-state index in [1.807, 2.05) is 0 Å². The lowest BCUT2D eigenvalue weighted by atomic mass is 10.1. The molecule has 1 fully saturated rings. The smallest absolute Gasteiger partial charge is 0.269 e. The Morgan fingerprint density at radius 1 is 1.29 bits per heavy atom. The highest BCUT2D eigenvalue weighted by atomic mass is 35.5. The third-order valence-corrected chi connectivity index (χ3v) is 3.74. The number of carbonyl (C=O) groups is 1. The molecule has 2 rings (SSSR count). The molecule has 1 aromatic rings. The Morgan fingerprint density at radius 3 is 2.57 bits per heavy atom. The van der Waals surface area contributed by atoms with Crippen molar-refractivity contribution in [1.29, 1.82) is 0 Å². The third-order valence-electron chi connectivity index (χ3n) is 3.74. The summed E-state index contributed by atoms with van der Waals surface area (Å²) in [6.45, 7) is 1.92. The Labute approximate surface area is 130 Å². The van der Waals surface area contributed by atoms with Gasteiger partial charge in [-0.3, -0.25) is 14.9 Å². The molecule has 0 saturated carbocycles. The van der Waals surface area contributed by atoms with Crippen LogP contribution in [0.2, 0.25) is 0 Å². The van der Waals surface area contributed by atoms with Gasteiger partial charge in [-0.2, -0.15) is 0 Å². The van der Waals surface area contributed by atoms with Crippen molar-refractivity contribution in [3.8, 4) is 0 Å². The van der Waals surface area contributed by atoms with Crippen LogP contribution in [0.15, 0.2) is 24.3 Å². The van der Waals surface area contributed by atoms with E-state index < -0.39 is 4.92 Å². The van der Waals surface area contributed by atoms with Gasteiger partial charge in [-0.05, 0) is 44.5 Å². The Morgan fingerprint density at radius 2 is 1.95 bits per heavy atom. The SMILES string of the molecule is CN(C(=O)c1ccc([N+](=O)[O-])cc1)C1CCCNCC1.Cl. The van der Waals surface area contributed by atoms with Gasteiger partial charge in [0.1, 0.15) is 0 Å². The highest BCUT2D eigenvalue weighted by Gasteiger charge is 2.22. The van der Waals surface area contributed by atoms with Crippen molar-refractivity contribution in [3.63, 3.8) is 0 Å². The number of amides is 1. The zero-order valence-electron chi connectivity index (χ0n) is 11.9. The quantitative estimate of drug-likeness (QED) is 0.686. The van der Waals surface area contributed by atoms with E-state index in [9.17, 15) is 14.9 Å². The Kier molecular flexibility index (Phi) is 6.58. The molecular weight excluding hydrogens is 294 g/mol. The lowest BCUT2D eigenvalue weighted by Gasteiger charge is -2.27. The standard InChI is InChI=1S/C14H19N3O3.ClH/c1-16(12-3-2-9-15-10-8-12)14(18)11-4-6-13(7-5-11)17(19)20;/h4-7,12,15H,2-3,8-10H2,1H3;1H. The van der Waals surface area contributed by atoms with Crippen molar-refractivity contribution in [2.75, 3.05) is 20.1 Å². The average molecular weight is 314 g/mol. The van der Waals surface area contributed by atoms with Gasteiger partial charge in [0.05, 0.1) is 4.92 Å². The summed E-state index contributed by atoms with van der Waals surface area (Å²) in [4.78, 5) is 24.3. The van der Waals surface area contributed by atoms with Crippen LogP contribution in [0.25, 0.3) is 0 Å². The fraction of sp³-hybridized carbons (Fsp3) is 0.500. The number of nitrogens with zero attached hydrogens (tertiary/aromatic N) is 2. The Bertz CT molecular complexity index is 485. The minimum absolute atomic E-state index is 0.